The zero-order valence-corrected chi connectivity index (χ0v) is 13.0. The van der Waals surface area contributed by atoms with Gasteiger partial charge in [0.15, 0.2) is 5.13 Å². The van der Waals surface area contributed by atoms with Gasteiger partial charge in [0.2, 0.25) is 5.91 Å². The van der Waals surface area contributed by atoms with Crippen LogP contribution in [-0.4, -0.2) is 16.9 Å². The van der Waals surface area contributed by atoms with Crippen LogP contribution >= 0.6 is 11.3 Å². The van der Waals surface area contributed by atoms with Crippen molar-refractivity contribution in [2.24, 2.45) is 0 Å². The summed E-state index contributed by atoms with van der Waals surface area (Å²) in [4.78, 5) is 17.5. The number of aromatic nitrogens is 1. The summed E-state index contributed by atoms with van der Waals surface area (Å²) in [6.45, 7) is 7.81. The molecule has 4 nitrogen and oxygen atoms in total. The van der Waals surface area contributed by atoms with Crippen molar-refractivity contribution >= 4 is 28.1 Å². The molecule has 0 fully saturated rings. The van der Waals surface area contributed by atoms with E-state index < -0.39 is 0 Å². The normalized spacial score (nSPS) is 12.0. The number of rotatable bonds is 4. The molecule has 0 radical (unpaired) electrons. The summed E-state index contributed by atoms with van der Waals surface area (Å²) in [6.07, 6.45) is 0. The van der Waals surface area contributed by atoms with Crippen LogP contribution in [-0.2, 0) is 4.79 Å². The second kappa shape index (κ2) is 6.05. The minimum atomic E-state index is -0.317. The topological polar surface area (TPSA) is 54.0 Å². The second-order valence-electron chi connectivity index (χ2n) is 4.88. The number of thiazole rings is 1. The molecule has 0 unspecified atom stereocenters. The maximum absolute atomic E-state index is 12.1. The molecule has 1 heterocycles. The van der Waals surface area contributed by atoms with Gasteiger partial charge in [0.05, 0.1) is 5.69 Å². The van der Waals surface area contributed by atoms with Crippen LogP contribution in [0.3, 0.4) is 0 Å². The van der Waals surface area contributed by atoms with E-state index in [0.29, 0.717) is 5.13 Å². The molecule has 0 aliphatic heterocycles. The minimum Gasteiger partial charge on any atom is -0.374 e. The number of carbonyl (C=O) groups excluding carboxylic acids is 1. The molecule has 2 aromatic rings. The lowest BCUT2D eigenvalue weighted by atomic mass is 10.2. The third-order valence-electron chi connectivity index (χ3n) is 3.09. The molecule has 5 heteroatoms. The molecule has 0 bridgehead atoms. The smallest absolute Gasteiger partial charge is 0.248 e. The molecule has 2 N–H and O–H groups in total. The first-order valence-electron chi connectivity index (χ1n) is 6.54. The SMILES string of the molecule is Cc1ccc(N[C@H](C)C(=O)Nc2nc(C)c(C)s2)cc1. The summed E-state index contributed by atoms with van der Waals surface area (Å²) >= 11 is 1.50. The summed E-state index contributed by atoms with van der Waals surface area (Å²) in [5.74, 6) is -0.0840. The highest BCUT2D eigenvalue weighted by molar-refractivity contribution is 7.15. The summed E-state index contributed by atoms with van der Waals surface area (Å²) in [7, 11) is 0. The number of benzene rings is 1. The number of nitrogens with one attached hydrogen (secondary N) is 2. The van der Waals surface area contributed by atoms with E-state index in [9.17, 15) is 4.79 Å². The summed E-state index contributed by atoms with van der Waals surface area (Å²) < 4.78 is 0. The van der Waals surface area contributed by atoms with Crippen LogP contribution in [0.15, 0.2) is 24.3 Å². The predicted octanol–water partition coefficient (Wildman–Crippen LogP) is 3.51. The van der Waals surface area contributed by atoms with Gasteiger partial charge in [0, 0.05) is 10.6 Å². The molecule has 20 heavy (non-hydrogen) atoms. The highest BCUT2D eigenvalue weighted by atomic mass is 32.1. The number of aryl methyl sites for hydroxylation is 3. The van der Waals surface area contributed by atoms with E-state index in [1.54, 1.807) is 0 Å². The Bertz CT molecular complexity index is 585. The fourth-order valence-electron chi connectivity index (χ4n) is 1.71. The molecule has 0 saturated heterocycles. The van der Waals surface area contributed by atoms with Crippen LogP contribution in [0.2, 0.25) is 0 Å². The number of amides is 1. The Hall–Kier alpha value is -1.88. The first-order chi connectivity index (χ1) is 9.45. The number of carbonyl (C=O) groups is 1. The Balaban J connectivity index is 1.96. The van der Waals surface area contributed by atoms with Crippen molar-refractivity contribution < 1.29 is 4.79 Å². The molecule has 0 saturated carbocycles. The molecule has 1 aromatic heterocycles. The van der Waals surface area contributed by atoms with Crippen LogP contribution in [0.4, 0.5) is 10.8 Å². The Labute approximate surface area is 123 Å². The van der Waals surface area contributed by atoms with Gasteiger partial charge in [-0.3, -0.25) is 4.79 Å². The molecule has 106 valence electrons. The third-order valence-corrected chi connectivity index (χ3v) is 4.07. The number of anilines is 2. The van der Waals surface area contributed by atoms with Gasteiger partial charge in [-0.25, -0.2) is 4.98 Å². The molecule has 1 atom stereocenters. The lowest BCUT2D eigenvalue weighted by Crippen LogP contribution is -2.31. The molecular formula is C15H19N3OS. The highest BCUT2D eigenvalue weighted by Crippen LogP contribution is 2.21. The summed E-state index contributed by atoms with van der Waals surface area (Å²) in [6, 6.07) is 7.65. The first-order valence-corrected chi connectivity index (χ1v) is 7.35. The molecule has 0 aliphatic rings. The molecule has 0 spiro atoms. The monoisotopic (exact) mass is 289 g/mol. The fraction of sp³-hybridized carbons (Fsp3) is 0.333. The van der Waals surface area contributed by atoms with Crippen molar-refractivity contribution in [1.29, 1.82) is 0 Å². The summed E-state index contributed by atoms with van der Waals surface area (Å²) in [5, 5.41) is 6.67. The van der Waals surface area contributed by atoms with Crippen LogP contribution in [0.5, 0.6) is 0 Å². The maximum atomic E-state index is 12.1. The van der Waals surface area contributed by atoms with Crippen molar-refractivity contribution in [2.45, 2.75) is 33.7 Å². The average molecular weight is 289 g/mol. The number of hydrogen-bond acceptors (Lipinski definition) is 4. The van der Waals surface area contributed by atoms with Gasteiger partial charge in [0.1, 0.15) is 6.04 Å². The largest absolute Gasteiger partial charge is 0.374 e. The predicted molar refractivity (Wildman–Crippen MR) is 84.5 cm³/mol. The van der Waals surface area contributed by atoms with E-state index in [1.165, 1.54) is 16.9 Å². The van der Waals surface area contributed by atoms with Crippen molar-refractivity contribution in [1.82, 2.24) is 4.98 Å². The quantitative estimate of drug-likeness (QED) is 0.905. The van der Waals surface area contributed by atoms with Gasteiger partial charge in [-0.1, -0.05) is 17.7 Å². The molecular weight excluding hydrogens is 270 g/mol. The van der Waals surface area contributed by atoms with Crippen molar-refractivity contribution in [3.05, 3.63) is 40.4 Å². The lowest BCUT2D eigenvalue weighted by Gasteiger charge is -2.14. The molecule has 2 rings (SSSR count). The van der Waals surface area contributed by atoms with Gasteiger partial charge in [-0.15, -0.1) is 11.3 Å². The van der Waals surface area contributed by atoms with E-state index in [1.807, 2.05) is 52.0 Å². The standard InChI is InChI=1S/C15H19N3OS/c1-9-5-7-13(8-6-9)16-11(3)14(19)18-15-17-10(2)12(4)20-15/h5-8,11,16H,1-4H3,(H,17,18,19)/t11-/m1/s1. The van der Waals surface area contributed by atoms with E-state index in [-0.39, 0.29) is 11.9 Å². The highest BCUT2D eigenvalue weighted by Gasteiger charge is 2.14. The number of hydrogen-bond donors (Lipinski definition) is 2. The van der Waals surface area contributed by atoms with Gasteiger partial charge in [-0.05, 0) is 39.8 Å². The lowest BCUT2D eigenvalue weighted by molar-refractivity contribution is -0.116. The van der Waals surface area contributed by atoms with Crippen molar-refractivity contribution in [2.75, 3.05) is 10.6 Å². The summed E-state index contributed by atoms with van der Waals surface area (Å²) in [5.41, 5.74) is 3.09. The zero-order chi connectivity index (χ0) is 14.7. The molecule has 0 aliphatic carbocycles. The Kier molecular flexibility index (Phi) is 4.39. The first kappa shape index (κ1) is 14.5. The maximum Gasteiger partial charge on any atom is 0.248 e. The molecule has 1 amide bonds. The van der Waals surface area contributed by atoms with Gasteiger partial charge < -0.3 is 10.6 Å². The van der Waals surface area contributed by atoms with E-state index >= 15 is 0 Å². The Morgan fingerprint density at radius 1 is 1.20 bits per heavy atom. The van der Waals surface area contributed by atoms with Crippen LogP contribution < -0.4 is 10.6 Å². The van der Waals surface area contributed by atoms with Gasteiger partial charge in [-0.2, -0.15) is 0 Å². The van der Waals surface area contributed by atoms with E-state index in [2.05, 4.69) is 15.6 Å². The third kappa shape index (κ3) is 3.57. The van der Waals surface area contributed by atoms with Crippen LogP contribution in [0.25, 0.3) is 0 Å². The second-order valence-corrected chi connectivity index (χ2v) is 6.09. The van der Waals surface area contributed by atoms with E-state index in [4.69, 9.17) is 0 Å². The number of nitrogens with zero attached hydrogens (tertiary/aromatic N) is 1. The Morgan fingerprint density at radius 3 is 2.40 bits per heavy atom. The van der Waals surface area contributed by atoms with Gasteiger partial charge >= 0.3 is 0 Å². The average Bonchev–Trinajstić information content (AvgIpc) is 2.71. The fourth-order valence-corrected chi connectivity index (χ4v) is 2.52. The zero-order valence-electron chi connectivity index (χ0n) is 12.2. The van der Waals surface area contributed by atoms with Crippen LogP contribution in [0.1, 0.15) is 23.1 Å². The van der Waals surface area contributed by atoms with Crippen molar-refractivity contribution in [3.63, 3.8) is 0 Å². The minimum absolute atomic E-state index is 0.0840. The van der Waals surface area contributed by atoms with Crippen molar-refractivity contribution in [3.8, 4) is 0 Å². The van der Waals surface area contributed by atoms with Gasteiger partial charge in [0.25, 0.3) is 0 Å². The van der Waals surface area contributed by atoms with Crippen LogP contribution in [0, 0.1) is 20.8 Å². The molecule has 1 aromatic carbocycles. The Morgan fingerprint density at radius 2 is 1.85 bits per heavy atom. The van der Waals surface area contributed by atoms with E-state index in [0.717, 1.165) is 16.3 Å².